The van der Waals surface area contributed by atoms with Crippen LogP contribution in [-0.4, -0.2) is 49.3 Å². The quantitative estimate of drug-likeness (QED) is 0.636. The zero-order chi connectivity index (χ0) is 18.6. The molecule has 2 aliphatic heterocycles. The normalized spacial score (nSPS) is 33.6. The Labute approximate surface area is 162 Å². The zero-order valence-corrected chi connectivity index (χ0v) is 16.3. The largest absolute Gasteiger partial charge is 0.371 e. The second-order valence-electron chi connectivity index (χ2n) is 8.91. The number of carbonyl (C=O) groups excluding carboxylic acids is 2. The van der Waals surface area contributed by atoms with Gasteiger partial charge in [-0.15, -0.1) is 0 Å². The topological polar surface area (TPSA) is 76.7 Å². The lowest BCUT2D eigenvalue weighted by Gasteiger charge is -2.21. The summed E-state index contributed by atoms with van der Waals surface area (Å²) in [7, 11) is 0. The maximum Gasteiger partial charge on any atom is 0.223 e. The summed E-state index contributed by atoms with van der Waals surface area (Å²) in [6.07, 6.45) is 12.6. The molecule has 0 aromatic rings. The minimum atomic E-state index is -0.138. The second-order valence-corrected chi connectivity index (χ2v) is 8.91. The fourth-order valence-corrected chi connectivity index (χ4v) is 4.87. The highest BCUT2D eigenvalue weighted by molar-refractivity contribution is 5.81. The third-order valence-corrected chi connectivity index (χ3v) is 6.67. The molecular formula is C21H34N2O4. The summed E-state index contributed by atoms with van der Waals surface area (Å²) in [6.45, 7) is 0.945. The molecule has 0 aromatic heterocycles. The Morgan fingerprint density at radius 1 is 0.815 bits per heavy atom. The van der Waals surface area contributed by atoms with Crippen LogP contribution < -0.4 is 10.6 Å². The maximum absolute atomic E-state index is 12.3. The highest BCUT2D eigenvalue weighted by Gasteiger charge is 2.49. The first-order valence-electron chi connectivity index (χ1n) is 11.0. The molecule has 6 nitrogen and oxygen atoms in total. The van der Waals surface area contributed by atoms with Gasteiger partial charge in [-0.3, -0.25) is 9.59 Å². The van der Waals surface area contributed by atoms with Crippen molar-refractivity contribution in [1.82, 2.24) is 10.6 Å². The number of carbonyl (C=O) groups is 2. The minimum Gasteiger partial charge on any atom is -0.371 e. The number of unbranched alkanes of at least 4 members (excludes halogenated alkanes) is 1. The van der Waals surface area contributed by atoms with Crippen LogP contribution in [0.2, 0.25) is 0 Å². The lowest BCUT2D eigenvalue weighted by molar-refractivity contribution is -0.123. The van der Waals surface area contributed by atoms with Gasteiger partial charge in [0.05, 0.1) is 25.3 Å². The zero-order valence-electron chi connectivity index (χ0n) is 16.3. The smallest absolute Gasteiger partial charge is 0.223 e. The predicted octanol–water partition coefficient (Wildman–Crippen LogP) is 2.30. The Kier molecular flexibility index (Phi) is 6.33. The van der Waals surface area contributed by atoms with Crippen LogP contribution in [0.4, 0.5) is 0 Å². The molecule has 4 atom stereocenters. The van der Waals surface area contributed by atoms with E-state index in [0.717, 1.165) is 31.6 Å². The first-order valence-corrected chi connectivity index (χ1v) is 11.0. The average molecular weight is 379 g/mol. The summed E-state index contributed by atoms with van der Waals surface area (Å²) in [4.78, 5) is 24.3. The van der Waals surface area contributed by atoms with Gasteiger partial charge in [-0.05, 0) is 25.2 Å². The van der Waals surface area contributed by atoms with Gasteiger partial charge >= 0.3 is 0 Å². The average Bonchev–Trinajstić information content (AvgIpc) is 3.35. The van der Waals surface area contributed by atoms with Crippen molar-refractivity contribution in [1.29, 1.82) is 0 Å². The number of hydrogen-bond donors (Lipinski definition) is 2. The van der Waals surface area contributed by atoms with Crippen molar-refractivity contribution < 1.29 is 19.1 Å². The van der Waals surface area contributed by atoms with Crippen molar-refractivity contribution >= 4 is 11.8 Å². The minimum absolute atomic E-state index is 0.0829. The van der Waals surface area contributed by atoms with Crippen LogP contribution in [0.1, 0.15) is 70.6 Å². The molecule has 2 N–H and O–H groups in total. The molecule has 6 heteroatoms. The number of fused-ring (bicyclic) bond motifs is 1. The van der Waals surface area contributed by atoms with Crippen molar-refractivity contribution in [3.8, 4) is 0 Å². The number of ether oxygens (including phenoxy) is 2. The molecule has 4 rings (SSSR count). The van der Waals surface area contributed by atoms with Crippen molar-refractivity contribution in [3.63, 3.8) is 0 Å². The summed E-state index contributed by atoms with van der Waals surface area (Å²) in [5, 5.41) is 6.15. The van der Waals surface area contributed by atoms with Crippen LogP contribution in [-0.2, 0) is 19.1 Å². The monoisotopic (exact) mass is 378 g/mol. The van der Waals surface area contributed by atoms with Crippen LogP contribution in [0.25, 0.3) is 0 Å². The Morgan fingerprint density at radius 3 is 2.15 bits per heavy atom. The van der Waals surface area contributed by atoms with Gasteiger partial charge in [-0.1, -0.05) is 44.9 Å². The molecule has 2 aliphatic carbocycles. The summed E-state index contributed by atoms with van der Waals surface area (Å²) in [5.74, 6) is 1.30. The first-order chi connectivity index (χ1) is 13.2. The van der Waals surface area contributed by atoms with E-state index in [0.29, 0.717) is 19.6 Å². The van der Waals surface area contributed by atoms with E-state index >= 15 is 0 Å². The second kappa shape index (κ2) is 8.91. The van der Waals surface area contributed by atoms with E-state index < -0.39 is 0 Å². The van der Waals surface area contributed by atoms with Gasteiger partial charge in [0.2, 0.25) is 11.8 Å². The van der Waals surface area contributed by atoms with Crippen molar-refractivity contribution in [2.45, 2.75) is 94.9 Å². The molecule has 0 aromatic carbocycles. The fourth-order valence-electron chi connectivity index (χ4n) is 4.87. The van der Waals surface area contributed by atoms with Gasteiger partial charge in [0.1, 0.15) is 12.2 Å². The number of hydrogen-bond acceptors (Lipinski definition) is 4. The van der Waals surface area contributed by atoms with Crippen LogP contribution in [0.15, 0.2) is 0 Å². The fraction of sp³-hybridized carbons (Fsp3) is 0.905. The third-order valence-electron chi connectivity index (χ3n) is 6.67. The van der Waals surface area contributed by atoms with E-state index in [9.17, 15) is 9.59 Å². The SMILES string of the molecule is O=C(CCCCC1CCCCC1)N[C@H]1CO[C@H]2[C@@H]1OC[C@@H]2NC(=O)C1CC1. The summed E-state index contributed by atoms with van der Waals surface area (Å²) in [5.41, 5.74) is 0. The Hall–Kier alpha value is -1.14. The lowest BCUT2D eigenvalue weighted by Crippen LogP contribution is -2.47. The van der Waals surface area contributed by atoms with Crippen LogP contribution in [0.3, 0.4) is 0 Å². The predicted molar refractivity (Wildman–Crippen MR) is 101 cm³/mol. The molecule has 4 aliphatic rings. The van der Waals surface area contributed by atoms with E-state index in [2.05, 4.69) is 10.6 Å². The summed E-state index contributed by atoms with van der Waals surface area (Å²) < 4.78 is 11.7. The molecule has 2 heterocycles. The molecule has 0 bridgehead atoms. The van der Waals surface area contributed by atoms with Crippen LogP contribution in [0, 0.1) is 11.8 Å². The van der Waals surface area contributed by atoms with E-state index in [1.807, 2.05) is 0 Å². The Bertz CT molecular complexity index is 530. The molecule has 2 amide bonds. The molecule has 4 fully saturated rings. The molecule has 152 valence electrons. The van der Waals surface area contributed by atoms with Crippen molar-refractivity contribution in [2.75, 3.05) is 13.2 Å². The molecule has 2 saturated heterocycles. The van der Waals surface area contributed by atoms with Crippen molar-refractivity contribution in [2.24, 2.45) is 11.8 Å². The number of nitrogens with one attached hydrogen (secondary N) is 2. The maximum atomic E-state index is 12.3. The molecule has 0 unspecified atom stereocenters. The molecule has 27 heavy (non-hydrogen) atoms. The van der Waals surface area contributed by atoms with Crippen LogP contribution >= 0.6 is 0 Å². The highest BCUT2D eigenvalue weighted by Crippen LogP contribution is 2.32. The molecule has 2 saturated carbocycles. The third kappa shape index (κ3) is 5.02. The van der Waals surface area contributed by atoms with E-state index in [-0.39, 0.29) is 42.0 Å². The van der Waals surface area contributed by atoms with Crippen molar-refractivity contribution in [3.05, 3.63) is 0 Å². The van der Waals surface area contributed by atoms with Gasteiger partial charge in [0, 0.05) is 12.3 Å². The Morgan fingerprint density at radius 2 is 1.48 bits per heavy atom. The van der Waals surface area contributed by atoms with Crippen LogP contribution in [0.5, 0.6) is 0 Å². The van der Waals surface area contributed by atoms with E-state index in [4.69, 9.17) is 9.47 Å². The molecule has 0 radical (unpaired) electrons. The lowest BCUT2D eigenvalue weighted by atomic mass is 9.85. The summed E-state index contributed by atoms with van der Waals surface area (Å²) >= 11 is 0. The molecule has 0 spiro atoms. The van der Waals surface area contributed by atoms with Gasteiger partial charge in [0.15, 0.2) is 0 Å². The van der Waals surface area contributed by atoms with E-state index in [1.54, 1.807) is 0 Å². The Balaban J connectivity index is 1.13. The van der Waals surface area contributed by atoms with Gasteiger partial charge < -0.3 is 20.1 Å². The highest BCUT2D eigenvalue weighted by atomic mass is 16.6. The van der Waals surface area contributed by atoms with Gasteiger partial charge in [-0.25, -0.2) is 0 Å². The number of rotatable bonds is 8. The van der Waals surface area contributed by atoms with Gasteiger partial charge in [0.25, 0.3) is 0 Å². The first kappa shape index (κ1) is 19.2. The number of amides is 2. The van der Waals surface area contributed by atoms with E-state index in [1.165, 1.54) is 38.5 Å². The standard InChI is InChI=1S/C21H34N2O4/c24-18(9-5-4-8-14-6-2-1-3-7-14)22-16-12-26-20-17(13-27-19(16)20)23-21(25)15-10-11-15/h14-17,19-20H,1-13H2,(H,22,24)(H,23,25)/t16-,17-,19+,20+/m0/s1. The van der Waals surface area contributed by atoms with Gasteiger partial charge in [-0.2, -0.15) is 0 Å². The summed E-state index contributed by atoms with van der Waals surface area (Å²) in [6, 6.07) is -0.177. The molecular weight excluding hydrogens is 344 g/mol.